The van der Waals surface area contributed by atoms with Crippen LogP contribution < -0.4 is 49.9 Å². The number of carbonyl (C=O) groups excluding carboxylic acids is 9. The van der Waals surface area contributed by atoms with Crippen LogP contribution in [0.25, 0.3) is 0 Å². The SMILES string of the molecule is CC(C)C[C@@H](NC(=O)[C@H](CC(=O)[C@H](N)Cc1ccccc1)Cc1ccccc1)C(=O)C[C@H](CCCN)C(=O)NCCCCC(NC(=O)[C@@H](CCCN)CC(=O)[C@@H](CC(C)C)NC(=O)[C@H](CC(=O)[C@H](N)Cc1ccccc1)Cc1ccccc1)C(N)=O. The van der Waals surface area contributed by atoms with Crippen LogP contribution >= 0.6 is 0 Å². The van der Waals surface area contributed by atoms with Gasteiger partial charge in [-0.05, 0) is 131 Å². The Morgan fingerprint density at radius 2 is 0.709 bits per heavy atom. The number of amides is 5. The smallest absolute Gasteiger partial charge is 0.239 e. The predicted octanol–water partition coefficient (Wildman–Crippen LogP) is 5.71. The van der Waals surface area contributed by atoms with E-state index < -0.39 is 77.5 Å². The summed E-state index contributed by atoms with van der Waals surface area (Å²) in [5.41, 5.74) is 33.8. The van der Waals surface area contributed by atoms with Gasteiger partial charge in [0, 0.05) is 55.9 Å². The van der Waals surface area contributed by atoms with Crippen molar-refractivity contribution in [2.45, 2.75) is 167 Å². The van der Waals surface area contributed by atoms with Crippen molar-refractivity contribution in [1.29, 1.82) is 0 Å². The zero-order valence-corrected chi connectivity index (χ0v) is 51.1. The van der Waals surface area contributed by atoms with Gasteiger partial charge in [0.25, 0.3) is 0 Å². The molecule has 1 unspecified atom stereocenters. The summed E-state index contributed by atoms with van der Waals surface area (Å²) in [5.74, 6) is -7.27. The molecule has 18 heteroatoms. The molecule has 0 aromatic heterocycles. The van der Waals surface area contributed by atoms with Gasteiger partial charge in [0.15, 0.2) is 23.1 Å². The van der Waals surface area contributed by atoms with Crippen molar-refractivity contribution in [2.24, 2.45) is 64.2 Å². The van der Waals surface area contributed by atoms with Crippen LogP contribution in [-0.2, 0) is 68.8 Å². The topological polar surface area (TPSA) is 332 Å². The molecule has 0 fully saturated rings. The molecule has 4 aromatic carbocycles. The number of nitrogens with one attached hydrogen (secondary N) is 4. The Balaban J connectivity index is 1.37. The largest absolute Gasteiger partial charge is 0.368 e. The average Bonchev–Trinajstić information content (AvgIpc) is 3.62. The molecule has 0 aliphatic rings. The zero-order valence-electron chi connectivity index (χ0n) is 51.1. The van der Waals surface area contributed by atoms with Crippen molar-refractivity contribution in [1.82, 2.24) is 21.3 Å². The normalized spacial score (nSPS) is 14.5. The molecule has 0 aliphatic carbocycles. The van der Waals surface area contributed by atoms with Crippen LogP contribution in [0, 0.1) is 35.5 Å². The number of primary amides is 1. The molecule has 0 aliphatic heterocycles. The third kappa shape index (κ3) is 26.6. The summed E-state index contributed by atoms with van der Waals surface area (Å²) in [6.07, 6.45) is 3.23. The van der Waals surface area contributed by atoms with Gasteiger partial charge in [-0.15, -0.1) is 0 Å². The number of hydrogen-bond donors (Lipinski definition) is 9. The van der Waals surface area contributed by atoms with E-state index in [0.29, 0.717) is 51.4 Å². The van der Waals surface area contributed by atoms with E-state index in [-0.39, 0.29) is 118 Å². The first kappa shape index (κ1) is 71.2. The van der Waals surface area contributed by atoms with Gasteiger partial charge >= 0.3 is 0 Å². The maximum Gasteiger partial charge on any atom is 0.239 e. The Bertz CT molecular complexity index is 2730. The fourth-order valence-corrected chi connectivity index (χ4v) is 10.7. The van der Waals surface area contributed by atoms with E-state index in [1.807, 2.05) is 149 Å². The number of Topliss-reactive ketones (excluding diaryl/α,β-unsaturated/α-hetero) is 4. The van der Waals surface area contributed by atoms with E-state index in [1.54, 1.807) is 0 Å². The highest BCUT2D eigenvalue weighted by atomic mass is 16.2. The number of carbonyl (C=O) groups is 9. The van der Waals surface area contributed by atoms with Gasteiger partial charge in [0.2, 0.25) is 29.5 Å². The molecule has 468 valence electrons. The van der Waals surface area contributed by atoms with Gasteiger partial charge in [0.05, 0.1) is 24.2 Å². The van der Waals surface area contributed by atoms with Gasteiger partial charge in [-0.1, -0.05) is 149 Å². The van der Waals surface area contributed by atoms with Gasteiger partial charge in [-0.3, -0.25) is 43.2 Å². The Kier molecular flexibility index (Phi) is 32.1. The lowest BCUT2D eigenvalue weighted by molar-refractivity contribution is -0.135. The molecule has 5 amide bonds. The molecule has 14 N–H and O–H groups in total. The number of unbranched alkanes of at least 4 members (excludes halogenated alkanes) is 1. The van der Waals surface area contributed by atoms with Gasteiger partial charge in [-0.25, -0.2) is 0 Å². The minimum absolute atomic E-state index is 0.00510. The number of nitrogens with two attached hydrogens (primary N) is 5. The van der Waals surface area contributed by atoms with Gasteiger partial charge < -0.3 is 49.9 Å². The minimum Gasteiger partial charge on any atom is -0.368 e. The van der Waals surface area contributed by atoms with E-state index in [9.17, 15) is 43.2 Å². The Hall–Kier alpha value is -7.25. The third-order valence-corrected chi connectivity index (χ3v) is 15.6. The van der Waals surface area contributed by atoms with Gasteiger partial charge in [0.1, 0.15) is 6.04 Å². The average molecular weight is 1180 g/mol. The molecular weight excluding hydrogens is 1090 g/mol. The number of ketones is 4. The van der Waals surface area contributed by atoms with Crippen LogP contribution in [0.2, 0.25) is 0 Å². The summed E-state index contributed by atoms with van der Waals surface area (Å²) < 4.78 is 0. The second-order valence-electron chi connectivity index (χ2n) is 23.9. The maximum absolute atomic E-state index is 14.3. The van der Waals surface area contributed by atoms with Crippen molar-refractivity contribution in [3.63, 3.8) is 0 Å². The number of rotatable bonds is 43. The van der Waals surface area contributed by atoms with E-state index in [2.05, 4.69) is 21.3 Å². The molecule has 86 heavy (non-hydrogen) atoms. The molecule has 0 bridgehead atoms. The lowest BCUT2D eigenvalue weighted by atomic mass is 9.88. The molecule has 9 atom stereocenters. The molecule has 0 heterocycles. The summed E-state index contributed by atoms with van der Waals surface area (Å²) in [7, 11) is 0. The summed E-state index contributed by atoms with van der Waals surface area (Å²) in [5, 5.41) is 11.6. The first-order valence-corrected chi connectivity index (χ1v) is 30.8. The highest BCUT2D eigenvalue weighted by Crippen LogP contribution is 2.23. The summed E-state index contributed by atoms with van der Waals surface area (Å²) in [6, 6.07) is 32.7. The molecule has 0 radical (unpaired) electrons. The van der Waals surface area contributed by atoms with Gasteiger partial charge in [-0.2, -0.15) is 0 Å². The quantitative estimate of drug-likeness (QED) is 0.0240. The Labute approximate surface area is 509 Å². The highest BCUT2D eigenvalue weighted by Gasteiger charge is 2.35. The maximum atomic E-state index is 14.3. The molecular formula is C68H97N9O9. The van der Waals surface area contributed by atoms with E-state index in [4.69, 9.17) is 28.7 Å². The third-order valence-electron chi connectivity index (χ3n) is 15.6. The summed E-state index contributed by atoms with van der Waals surface area (Å²) in [4.78, 5) is 125. The summed E-state index contributed by atoms with van der Waals surface area (Å²) in [6.45, 7) is 8.39. The Morgan fingerprint density at radius 1 is 0.384 bits per heavy atom. The second-order valence-corrected chi connectivity index (χ2v) is 23.9. The first-order chi connectivity index (χ1) is 41.2. The van der Waals surface area contributed by atoms with Crippen LogP contribution in [0.15, 0.2) is 121 Å². The van der Waals surface area contributed by atoms with Crippen LogP contribution in [-0.4, -0.2) is 103 Å². The summed E-state index contributed by atoms with van der Waals surface area (Å²) >= 11 is 0. The molecule has 0 saturated heterocycles. The lowest BCUT2D eigenvalue weighted by Crippen LogP contribution is -2.49. The Morgan fingerprint density at radius 3 is 1.06 bits per heavy atom. The number of hydrogen-bond acceptors (Lipinski definition) is 13. The van der Waals surface area contributed by atoms with Crippen molar-refractivity contribution in [3.05, 3.63) is 144 Å². The molecule has 4 aromatic rings. The van der Waals surface area contributed by atoms with E-state index >= 15 is 0 Å². The number of benzene rings is 4. The fraction of sp³-hybridized carbons (Fsp3) is 0.515. The molecule has 18 nitrogen and oxygen atoms in total. The molecule has 0 saturated carbocycles. The van der Waals surface area contributed by atoms with Crippen LogP contribution in [0.4, 0.5) is 0 Å². The predicted molar refractivity (Wildman–Crippen MR) is 336 cm³/mol. The van der Waals surface area contributed by atoms with Crippen molar-refractivity contribution in [3.8, 4) is 0 Å². The fourth-order valence-electron chi connectivity index (χ4n) is 10.7. The van der Waals surface area contributed by atoms with Crippen molar-refractivity contribution < 1.29 is 43.2 Å². The highest BCUT2D eigenvalue weighted by molar-refractivity contribution is 5.96. The van der Waals surface area contributed by atoms with Crippen molar-refractivity contribution >= 4 is 52.7 Å². The van der Waals surface area contributed by atoms with Crippen LogP contribution in [0.3, 0.4) is 0 Å². The van der Waals surface area contributed by atoms with Crippen LogP contribution in [0.1, 0.15) is 133 Å². The standard InChI is InChI=1S/C68H97N9O9/c1-45(2)35-58(76-67(85)53(37-47-21-9-5-10-22-47)43-60(78)55(71)39-49-25-13-7-14-26-49)62(80)41-51(29-19-32-69)65(83)74-34-18-17-31-57(64(73)82)75-66(84)52(30-20-33-70)42-63(81)59(36-46(3)4)77-68(86)54(38-48-23-11-6-12-24-48)44-61(79)56(72)40-50-27-15-8-16-28-50/h5-16,21-28,45-46,51-59H,17-20,29-44,69-72H2,1-4H3,(H2,73,82)(H,74,83)(H,75,84)(H,76,85)(H,77,86)/t51-,52-,53-,54-,55+,56+,57?,58+,59+/m0/s1. The first-order valence-electron chi connectivity index (χ1n) is 30.8. The zero-order chi connectivity index (χ0) is 63.0. The lowest BCUT2D eigenvalue weighted by Gasteiger charge is -2.26. The van der Waals surface area contributed by atoms with E-state index in [0.717, 1.165) is 22.3 Å². The molecule has 0 spiro atoms. The minimum atomic E-state index is -1.11. The monoisotopic (exact) mass is 1180 g/mol. The molecule has 4 rings (SSSR count). The van der Waals surface area contributed by atoms with Crippen LogP contribution in [0.5, 0.6) is 0 Å². The van der Waals surface area contributed by atoms with Crippen molar-refractivity contribution in [2.75, 3.05) is 19.6 Å². The van der Waals surface area contributed by atoms with E-state index in [1.165, 1.54) is 0 Å². The second kappa shape index (κ2) is 38.7.